The molecule has 0 radical (unpaired) electrons. The van der Waals surface area contributed by atoms with Gasteiger partial charge in [0, 0.05) is 11.6 Å². The van der Waals surface area contributed by atoms with Crippen molar-refractivity contribution < 1.29 is 4.43 Å². The van der Waals surface area contributed by atoms with Crippen LogP contribution in [0.2, 0.25) is 13.1 Å². The molecule has 1 unspecified atom stereocenters. The molecule has 4 heteroatoms. The maximum atomic E-state index is 6.05. The third-order valence-corrected chi connectivity index (χ3v) is 3.51. The molecule has 0 aromatic carbocycles. The third kappa shape index (κ3) is 3.19. The number of nitrogens with zero attached hydrogens (tertiary/aromatic N) is 1. The lowest BCUT2D eigenvalue weighted by Gasteiger charge is -2.30. The van der Waals surface area contributed by atoms with Crippen molar-refractivity contribution >= 4 is 20.4 Å². The van der Waals surface area contributed by atoms with Crippen LogP contribution in [0.3, 0.4) is 0 Å². The summed E-state index contributed by atoms with van der Waals surface area (Å²) < 4.78 is 6.05. The van der Waals surface area contributed by atoms with Crippen molar-refractivity contribution in [3.63, 3.8) is 0 Å². The molecule has 1 aromatic heterocycles. The molecule has 0 saturated carbocycles. The topological polar surface area (TPSA) is 22.1 Å². The van der Waals surface area contributed by atoms with E-state index in [1.807, 2.05) is 11.6 Å². The van der Waals surface area contributed by atoms with Gasteiger partial charge in [0.1, 0.15) is 11.1 Å². The average molecular weight is 229 g/mol. The quantitative estimate of drug-likeness (QED) is 0.742. The van der Waals surface area contributed by atoms with Gasteiger partial charge in [-0.05, 0) is 18.5 Å². The minimum Gasteiger partial charge on any atom is -0.411 e. The summed E-state index contributed by atoms with van der Waals surface area (Å²) in [6.07, 6.45) is 2.01. The number of rotatable bonds is 3. The van der Waals surface area contributed by atoms with Crippen LogP contribution >= 0.6 is 11.3 Å². The Kier molecular flexibility index (Phi) is 3.86. The van der Waals surface area contributed by atoms with Crippen molar-refractivity contribution in [1.29, 1.82) is 0 Å². The van der Waals surface area contributed by atoms with Gasteiger partial charge in [-0.15, -0.1) is 11.3 Å². The van der Waals surface area contributed by atoms with Crippen LogP contribution < -0.4 is 0 Å². The van der Waals surface area contributed by atoms with Gasteiger partial charge in [-0.2, -0.15) is 0 Å². The predicted octanol–water partition coefficient (Wildman–Crippen LogP) is 3.23. The van der Waals surface area contributed by atoms with E-state index >= 15 is 0 Å². The summed E-state index contributed by atoms with van der Waals surface area (Å²) in [5.74, 6) is 0. The lowest BCUT2D eigenvalue weighted by Crippen LogP contribution is -2.25. The number of aromatic nitrogens is 1. The second-order valence-corrected chi connectivity index (χ2v) is 8.10. The first-order valence-electron chi connectivity index (χ1n) is 4.96. The maximum Gasteiger partial charge on any atom is 0.171 e. The molecule has 1 aromatic rings. The van der Waals surface area contributed by atoms with Crippen molar-refractivity contribution in [3.05, 3.63) is 16.6 Å². The van der Waals surface area contributed by atoms with Crippen molar-refractivity contribution in [3.8, 4) is 0 Å². The van der Waals surface area contributed by atoms with E-state index in [4.69, 9.17) is 4.43 Å². The van der Waals surface area contributed by atoms with Gasteiger partial charge in [0.05, 0.1) is 0 Å². The molecular weight excluding hydrogens is 210 g/mol. The smallest absolute Gasteiger partial charge is 0.171 e. The molecule has 1 atom stereocenters. The minimum absolute atomic E-state index is 0.134. The average Bonchev–Trinajstić information content (AvgIpc) is 2.49. The highest BCUT2D eigenvalue weighted by Gasteiger charge is 2.29. The van der Waals surface area contributed by atoms with Gasteiger partial charge in [-0.25, -0.2) is 4.98 Å². The molecule has 0 N–H and O–H groups in total. The molecule has 14 heavy (non-hydrogen) atoms. The molecule has 0 saturated heterocycles. The third-order valence-electron chi connectivity index (χ3n) is 1.87. The second kappa shape index (κ2) is 4.55. The molecule has 1 rings (SSSR count). The van der Waals surface area contributed by atoms with E-state index in [2.05, 4.69) is 38.8 Å². The number of hydrogen-bond donors (Lipinski definition) is 0. The predicted molar refractivity (Wildman–Crippen MR) is 64.3 cm³/mol. The largest absolute Gasteiger partial charge is 0.411 e. The van der Waals surface area contributed by atoms with E-state index in [9.17, 15) is 0 Å². The Balaban J connectivity index is 2.83. The first-order valence-corrected chi connectivity index (χ1v) is 8.62. The molecule has 0 aliphatic carbocycles. The SMILES string of the molecule is C[SiH](C)OC(c1nccs1)C(C)(C)C. The highest BCUT2D eigenvalue weighted by molar-refractivity contribution is 7.09. The molecule has 2 nitrogen and oxygen atoms in total. The van der Waals surface area contributed by atoms with Gasteiger partial charge >= 0.3 is 0 Å². The minimum atomic E-state index is -1.01. The van der Waals surface area contributed by atoms with E-state index in [-0.39, 0.29) is 11.5 Å². The Morgan fingerprint density at radius 2 is 2.07 bits per heavy atom. The summed E-state index contributed by atoms with van der Waals surface area (Å²) in [6.45, 7) is 11.0. The van der Waals surface area contributed by atoms with Crippen LogP contribution in [0.1, 0.15) is 31.9 Å². The molecule has 0 spiro atoms. The summed E-state index contributed by atoms with van der Waals surface area (Å²) in [7, 11) is -1.01. The van der Waals surface area contributed by atoms with Gasteiger partial charge in [-0.3, -0.25) is 0 Å². The van der Waals surface area contributed by atoms with Crippen LogP contribution in [0.5, 0.6) is 0 Å². The Bertz CT molecular complexity index is 266. The van der Waals surface area contributed by atoms with Gasteiger partial charge in [0.15, 0.2) is 9.04 Å². The van der Waals surface area contributed by atoms with Gasteiger partial charge in [-0.1, -0.05) is 20.8 Å². The van der Waals surface area contributed by atoms with Crippen LogP contribution in [-0.4, -0.2) is 14.0 Å². The van der Waals surface area contributed by atoms with E-state index in [0.29, 0.717) is 0 Å². The highest BCUT2D eigenvalue weighted by Crippen LogP contribution is 2.37. The zero-order chi connectivity index (χ0) is 10.8. The highest BCUT2D eigenvalue weighted by atomic mass is 32.1. The second-order valence-electron chi connectivity index (χ2n) is 4.80. The molecular formula is C10H19NOSSi. The van der Waals surface area contributed by atoms with Gasteiger partial charge < -0.3 is 4.43 Å². The van der Waals surface area contributed by atoms with Crippen molar-refractivity contribution in [1.82, 2.24) is 4.98 Å². The lowest BCUT2D eigenvalue weighted by atomic mass is 9.90. The normalized spacial score (nSPS) is 14.7. The first kappa shape index (κ1) is 11.9. The van der Waals surface area contributed by atoms with E-state index < -0.39 is 9.04 Å². The van der Waals surface area contributed by atoms with Gasteiger partial charge in [0.25, 0.3) is 0 Å². The Labute approximate surface area is 92.1 Å². The van der Waals surface area contributed by atoms with Crippen LogP contribution in [0.25, 0.3) is 0 Å². The Hall–Kier alpha value is -0.193. The summed E-state index contributed by atoms with van der Waals surface area (Å²) in [5, 5.41) is 3.12. The van der Waals surface area contributed by atoms with E-state index in [1.165, 1.54) is 0 Å². The van der Waals surface area contributed by atoms with Crippen molar-refractivity contribution in [2.75, 3.05) is 0 Å². The summed E-state index contributed by atoms with van der Waals surface area (Å²) in [6, 6.07) is 0. The Morgan fingerprint density at radius 1 is 1.43 bits per heavy atom. The number of hydrogen-bond acceptors (Lipinski definition) is 3. The zero-order valence-electron chi connectivity index (χ0n) is 9.57. The first-order chi connectivity index (χ1) is 6.41. The molecule has 0 aliphatic heterocycles. The summed E-state index contributed by atoms with van der Waals surface area (Å²) in [4.78, 5) is 4.35. The monoisotopic (exact) mass is 229 g/mol. The fourth-order valence-corrected chi connectivity index (χ4v) is 3.36. The van der Waals surface area contributed by atoms with Crippen LogP contribution in [0.15, 0.2) is 11.6 Å². The molecule has 1 heterocycles. The lowest BCUT2D eigenvalue weighted by molar-refractivity contribution is 0.0863. The van der Waals surface area contributed by atoms with Crippen molar-refractivity contribution in [2.24, 2.45) is 5.41 Å². The number of thiazole rings is 1. The van der Waals surface area contributed by atoms with Crippen LogP contribution in [-0.2, 0) is 4.43 Å². The van der Waals surface area contributed by atoms with Crippen molar-refractivity contribution in [2.45, 2.75) is 40.0 Å². The maximum absolute atomic E-state index is 6.05. The fourth-order valence-electron chi connectivity index (χ4n) is 1.27. The molecule has 80 valence electrons. The molecule has 0 amide bonds. The van der Waals surface area contributed by atoms with E-state index in [1.54, 1.807) is 11.3 Å². The van der Waals surface area contributed by atoms with Crippen LogP contribution in [0.4, 0.5) is 0 Å². The Morgan fingerprint density at radius 3 is 2.43 bits per heavy atom. The molecule has 0 aliphatic rings. The van der Waals surface area contributed by atoms with Crippen LogP contribution in [0, 0.1) is 5.41 Å². The van der Waals surface area contributed by atoms with Gasteiger partial charge in [0.2, 0.25) is 0 Å². The standard InChI is InChI=1S/C10H19NOSSi/c1-10(2,3)8(12-14(4)5)9-11-6-7-13-9/h6-8,14H,1-5H3. The fraction of sp³-hybridized carbons (Fsp3) is 0.700. The summed E-state index contributed by atoms with van der Waals surface area (Å²) >= 11 is 1.69. The zero-order valence-corrected chi connectivity index (χ0v) is 11.5. The molecule has 0 fully saturated rings. The molecule has 0 bridgehead atoms. The van der Waals surface area contributed by atoms with E-state index in [0.717, 1.165) is 5.01 Å². The summed E-state index contributed by atoms with van der Waals surface area (Å²) in [5.41, 5.74) is 0.134.